The average Bonchev–Trinajstić information content (AvgIpc) is 2.74. The molecule has 2 N–H and O–H groups in total. The van der Waals surface area contributed by atoms with Crippen molar-refractivity contribution in [2.45, 2.75) is 11.8 Å². The third-order valence-electron chi connectivity index (χ3n) is 4.29. The van der Waals surface area contributed by atoms with Crippen molar-refractivity contribution in [2.24, 2.45) is 0 Å². The number of amides is 1. The molecule has 31 heavy (non-hydrogen) atoms. The number of rotatable bonds is 8. The molecule has 9 heteroatoms. The summed E-state index contributed by atoms with van der Waals surface area (Å²) in [5, 5.41) is 3.31. The first-order valence-corrected chi connectivity index (χ1v) is 11.5. The summed E-state index contributed by atoms with van der Waals surface area (Å²) in [6.07, 6.45) is 0. The quantitative estimate of drug-likeness (QED) is 0.450. The van der Waals surface area contributed by atoms with Gasteiger partial charge >= 0.3 is 0 Å². The Kier molecular flexibility index (Phi) is 7.43. The number of ether oxygens (including phenoxy) is 1. The predicted octanol–water partition coefficient (Wildman–Crippen LogP) is 4.91. The number of sulfonamides is 1. The van der Waals surface area contributed by atoms with E-state index in [0.717, 1.165) is 5.56 Å². The maximum atomic E-state index is 12.5. The summed E-state index contributed by atoms with van der Waals surface area (Å²) in [7, 11) is -3.80. The molecule has 3 aromatic carbocycles. The smallest absolute Gasteiger partial charge is 0.261 e. The molecule has 0 atom stereocenters. The molecule has 0 heterocycles. The van der Waals surface area contributed by atoms with Crippen molar-refractivity contribution in [1.29, 1.82) is 0 Å². The minimum Gasteiger partial charge on any atom is -0.490 e. The van der Waals surface area contributed by atoms with E-state index in [1.807, 2.05) is 6.92 Å². The first-order valence-electron chi connectivity index (χ1n) is 9.31. The van der Waals surface area contributed by atoms with Gasteiger partial charge in [0.1, 0.15) is 12.4 Å². The zero-order valence-electron chi connectivity index (χ0n) is 16.6. The SMILES string of the molecule is Cc1ccc(S(=O)(=O)Nc2ccc(C(=O)NCCOc3ccccc3Cl)cc2Cl)cc1. The summed E-state index contributed by atoms with van der Waals surface area (Å²) in [5.41, 5.74) is 1.42. The standard InChI is InChI=1S/C22H20Cl2N2O4S/c1-15-6-9-17(10-7-15)31(28,29)26-20-11-8-16(14-19(20)24)22(27)25-12-13-30-21-5-3-2-4-18(21)23/h2-11,14,26H,12-13H2,1H3,(H,25,27). The lowest BCUT2D eigenvalue weighted by Gasteiger charge is -2.12. The minimum absolute atomic E-state index is 0.107. The highest BCUT2D eigenvalue weighted by molar-refractivity contribution is 7.92. The summed E-state index contributed by atoms with van der Waals surface area (Å²) in [6, 6.07) is 17.8. The van der Waals surface area contributed by atoms with Crippen molar-refractivity contribution in [3.8, 4) is 5.75 Å². The van der Waals surface area contributed by atoms with Gasteiger partial charge in [-0.2, -0.15) is 0 Å². The van der Waals surface area contributed by atoms with Crippen LogP contribution in [0.5, 0.6) is 5.75 Å². The Bertz CT molecular complexity index is 1180. The molecule has 0 spiro atoms. The van der Waals surface area contributed by atoms with E-state index in [1.54, 1.807) is 36.4 Å². The van der Waals surface area contributed by atoms with Gasteiger partial charge in [-0.3, -0.25) is 9.52 Å². The van der Waals surface area contributed by atoms with Crippen LogP contribution in [0.1, 0.15) is 15.9 Å². The maximum absolute atomic E-state index is 12.5. The van der Waals surface area contributed by atoms with Gasteiger partial charge in [-0.1, -0.05) is 53.0 Å². The van der Waals surface area contributed by atoms with E-state index in [0.29, 0.717) is 16.3 Å². The molecule has 0 saturated heterocycles. The number of halogens is 2. The molecule has 6 nitrogen and oxygen atoms in total. The van der Waals surface area contributed by atoms with Gasteiger partial charge in [0.15, 0.2) is 0 Å². The highest BCUT2D eigenvalue weighted by atomic mass is 35.5. The highest BCUT2D eigenvalue weighted by Gasteiger charge is 2.17. The number of nitrogens with one attached hydrogen (secondary N) is 2. The van der Waals surface area contributed by atoms with Gasteiger partial charge in [-0.15, -0.1) is 0 Å². The summed E-state index contributed by atoms with van der Waals surface area (Å²) >= 11 is 12.2. The van der Waals surface area contributed by atoms with Crippen LogP contribution < -0.4 is 14.8 Å². The zero-order chi connectivity index (χ0) is 22.4. The van der Waals surface area contributed by atoms with E-state index in [9.17, 15) is 13.2 Å². The van der Waals surface area contributed by atoms with E-state index in [1.165, 1.54) is 30.3 Å². The van der Waals surface area contributed by atoms with Crippen LogP contribution in [0.3, 0.4) is 0 Å². The monoisotopic (exact) mass is 478 g/mol. The van der Waals surface area contributed by atoms with Gasteiger partial charge in [0.2, 0.25) is 0 Å². The molecule has 162 valence electrons. The second kappa shape index (κ2) is 10.0. The lowest BCUT2D eigenvalue weighted by Crippen LogP contribution is -2.28. The van der Waals surface area contributed by atoms with Gasteiger partial charge in [0, 0.05) is 5.56 Å². The average molecular weight is 479 g/mol. The van der Waals surface area contributed by atoms with Crippen molar-refractivity contribution in [3.05, 3.63) is 87.9 Å². The molecule has 3 aromatic rings. The molecule has 1 amide bonds. The van der Waals surface area contributed by atoms with Crippen molar-refractivity contribution in [1.82, 2.24) is 5.32 Å². The van der Waals surface area contributed by atoms with E-state index in [4.69, 9.17) is 27.9 Å². The van der Waals surface area contributed by atoms with Crippen LogP contribution in [0.25, 0.3) is 0 Å². The second-order valence-electron chi connectivity index (χ2n) is 6.65. The Morgan fingerprint density at radius 3 is 2.35 bits per heavy atom. The fraction of sp³-hybridized carbons (Fsp3) is 0.136. The summed E-state index contributed by atoms with van der Waals surface area (Å²) in [5.74, 6) is 0.171. The maximum Gasteiger partial charge on any atom is 0.261 e. The molecule has 0 saturated carbocycles. The van der Waals surface area contributed by atoms with Crippen molar-refractivity contribution in [3.63, 3.8) is 0 Å². The number of carbonyl (C=O) groups is 1. The molecular weight excluding hydrogens is 459 g/mol. The van der Waals surface area contributed by atoms with E-state index in [2.05, 4.69) is 10.0 Å². The third kappa shape index (κ3) is 6.13. The largest absolute Gasteiger partial charge is 0.490 e. The van der Waals surface area contributed by atoms with Gasteiger partial charge in [0.25, 0.3) is 15.9 Å². The molecule has 0 radical (unpaired) electrons. The molecule has 0 fully saturated rings. The van der Waals surface area contributed by atoms with Crippen molar-refractivity contribution < 1.29 is 17.9 Å². The molecular formula is C22H20Cl2N2O4S. The Morgan fingerprint density at radius 1 is 0.968 bits per heavy atom. The Hall–Kier alpha value is -2.74. The first-order chi connectivity index (χ1) is 14.8. The number of para-hydroxylation sites is 1. The van der Waals surface area contributed by atoms with Crippen LogP contribution >= 0.6 is 23.2 Å². The van der Waals surface area contributed by atoms with E-state index < -0.39 is 10.0 Å². The van der Waals surface area contributed by atoms with Crippen LogP contribution in [0.4, 0.5) is 5.69 Å². The summed E-state index contributed by atoms with van der Waals surface area (Å²) in [4.78, 5) is 12.5. The van der Waals surface area contributed by atoms with Crippen LogP contribution in [-0.2, 0) is 10.0 Å². The number of carbonyl (C=O) groups excluding carboxylic acids is 1. The molecule has 0 aliphatic heterocycles. The second-order valence-corrected chi connectivity index (χ2v) is 9.14. The predicted molar refractivity (Wildman–Crippen MR) is 123 cm³/mol. The molecule has 0 aliphatic carbocycles. The number of benzene rings is 3. The number of hydrogen-bond acceptors (Lipinski definition) is 4. The van der Waals surface area contributed by atoms with Crippen LogP contribution in [0.15, 0.2) is 71.6 Å². The zero-order valence-corrected chi connectivity index (χ0v) is 18.9. The minimum atomic E-state index is -3.80. The van der Waals surface area contributed by atoms with Crippen LogP contribution in [0, 0.1) is 6.92 Å². The van der Waals surface area contributed by atoms with Gasteiger partial charge in [0.05, 0.1) is 27.2 Å². The van der Waals surface area contributed by atoms with Crippen molar-refractivity contribution >= 4 is 44.8 Å². The Balaban J connectivity index is 1.58. The Morgan fingerprint density at radius 2 is 1.68 bits per heavy atom. The lowest BCUT2D eigenvalue weighted by molar-refractivity contribution is 0.0947. The first kappa shape index (κ1) is 22.9. The number of aryl methyl sites for hydroxylation is 1. The summed E-state index contributed by atoms with van der Waals surface area (Å²) in [6.45, 7) is 2.36. The van der Waals surface area contributed by atoms with Crippen LogP contribution in [-0.4, -0.2) is 27.5 Å². The van der Waals surface area contributed by atoms with Crippen LogP contribution in [0.2, 0.25) is 10.0 Å². The fourth-order valence-corrected chi connectivity index (χ4v) is 4.20. The van der Waals surface area contributed by atoms with E-state index >= 15 is 0 Å². The van der Waals surface area contributed by atoms with Crippen molar-refractivity contribution in [2.75, 3.05) is 17.9 Å². The molecule has 0 aromatic heterocycles. The summed E-state index contributed by atoms with van der Waals surface area (Å²) < 4.78 is 33.0. The topological polar surface area (TPSA) is 84.5 Å². The molecule has 0 unspecified atom stereocenters. The molecule has 0 bridgehead atoms. The van der Waals surface area contributed by atoms with Gasteiger partial charge in [-0.25, -0.2) is 8.42 Å². The lowest BCUT2D eigenvalue weighted by atomic mass is 10.2. The highest BCUT2D eigenvalue weighted by Crippen LogP contribution is 2.26. The third-order valence-corrected chi connectivity index (χ3v) is 6.30. The molecule has 0 aliphatic rings. The van der Waals surface area contributed by atoms with Gasteiger partial charge in [-0.05, 0) is 49.4 Å². The number of anilines is 1. The van der Waals surface area contributed by atoms with E-state index in [-0.39, 0.29) is 34.7 Å². The van der Waals surface area contributed by atoms with Gasteiger partial charge < -0.3 is 10.1 Å². The molecule has 3 rings (SSSR count). The Labute approximate surface area is 191 Å². The number of hydrogen-bond donors (Lipinski definition) is 2. The fourth-order valence-electron chi connectivity index (χ4n) is 2.65. The normalized spacial score (nSPS) is 11.1.